The van der Waals surface area contributed by atoms with Crippen molar-refractivity contribution < 1.29 is 4.74 Å². The summed E-state index contributed by atoms with van der Waals surface area (Å²) in [6.45, 7) is 3.61. The Morgan fingerprint density at radius 3 is 2.76 bits per heavy atom. The van der Waals surface area contributed by atoms with E-state index in [2.05, 4.69) is 26.9 Å². The van der Waals surface area contributed by atoms with Crippen molar-refractivity contribution >= 4 is 21.6 Å². The smallest absolute Gasteiger partial charge is 0.119 e. The summed E-state index contributed by atoms with van der Waals surface area (Å²) in [5.41, 5.74) is 9.66. The number of hydrogen-bond acceptors (Lipinski definition) is 3. The minimum Gasteiger partial charge on any atom is -0.492 e. The lowest BCUT2D eigenvalue weighted by atomic mass is 9.98. The van der Waals surface area contributed by atoms with Crippen molar-refractivity contribution in [2.75, 3.05) is 25.4 Å². The molecule has 4 heteroatoms. The molecule has 0 unspecified atom stereocenters. The SMILES string of the molecule is Nc1cccc2c1CN(CCOc1ccc(Br)cc1)CC2. The molecule has 0 aromatic heterocycles. The van der Waals surface area contributed by atoms with Crippen LogP contribution in [0.15, 0.2) is 46.9 Å². The Hall–Kier alpha value is -1.52. The molecule has 110 valence electrons. The van der Waals surface area contributed by atoms with Crippen molar-refractivity contribution in [1.82, 2.24) is 4.90 Å². The number of benzene rings is 2. The summed E-state index contributed by atoms with van der Waals surface area (Å²) >= 11 is 3.42. The van der Waals surface area contributed by atoms with Gasteiger partial charge in [0, 0.05) is 29.8 Å². The molecule has 0 bridgehead atoms. The van der Waals surface area contributed by atoms with Gasteiger partial charge in [0.25, 0.3) is 0 Å². The number of halogens is 1. The largest absolute Gasteiger partial charge is 0.492 e. The van der Waals surface area contributed by atoms with Crippen molar-refractivity contribution in [3.05, 3.63) is 58.1 Å². The molecule has 0 fully saturated rings. The van der Waals surface area contributed by atoms with Crippen LogP contribution in [0.25, 0.3) is 0 Å². The van der Waals surface area contributed by atoms with Gasteiger partial charge in [-0.2, -0.15) is 0 Å². The molecule has 1 heterocycles. The Kier molecular flexibility index (Phi) is 4.46. The van der Waals surface area contributed by atoms with Gasteiger partial charge in [-0.15, -0.1) is 0 Å². The van der Waals surface area contributed by atoms with Gasteiger partial charge in [0.2, 0.25) is 0 Å². The predicted octanol–water partition coefficient (Wildman–Crippen LogP) is 3.47. The fourth-order valence-electron chi connectivity index (χ4n) is 2.68. The van der Waals surface area contributed by atoms with E-state index in [0.717, 1.165) is 42.0 Å². The molecule has 0 spiro atoms. The van der Waals surface area contributed by atoms with Crippen LogP contribution in [-0.4, -0.2) is 24.6 Å². The first-order valence-electron chi connectivity index (χ1n) is 7.19. The van der Waals surface area contributed by atoms with Gasteiger partial charge in [-0.25, -0.2) is 0 Å². The molecule has 2 aromatic carbocycles. The van der Waals surface area contributed by atoms with Crippen LogP contribution in [0.2, 0.25) is 0 Å². The first-order valence-corrected chi connectivity index (χ1v) is 7.98. The number of rotatable bonds is 4. The van der Waals surface area contributed by atoms with Gasteiger partial charge in [-0.3, -0.25) is 4.90 Å². The Morgan fingerprint density at radius 1 is 1.14 bits per heavy atom. The quantitative estimate of drug-likeness (QED) is 0.861. The number of anilines is 1. The second kappa shape index (κ2) is 6.50. The average molecular weight is 347 g/mol. The zero-order valence-electron chi connectivity index (χ0n) is 11.9. The Bertz CT molecular complexity index is 613. The minimum atomic E-state index is 0.698. The van der Waals surface area contributed by atoms with Gasteiger partial charge in [-0.1, -0.05) is 28.1 Å². The zero-order valence-corrected chi connectivity index (χ0v) is 13.5. The fraction of sp³-hybridized carbons (Fsp3) is 0.294. The van der Waals surface area contributed by atoms with Crippen LogP contribution >= 0.6 is 15.9 Å². The first kappa shape index (κ1) is 14.4. The second-order valence-electron chi connectivity index (χ2n) is 5.31. The highest BCUT2D eigenvalue weighted by atomic mass is 79.9. The van der Waals surface area contributed by atoms with Gasteiger partial charge in [-0.05, 0) is 47.9 Å². The summed E-state index contributed by atoms with van der Waals surface area (Å²) < 4.78 is 6.86. The second-order valence-corrected chi connectivity index (χ2v) is 6.23. The molecule has 21 heavy (non-hydrogen) atoms. The number of hydrogen-bond donors (Lipinski definition) is 1. The molecule has 0 atom stereocenters. The molecule has 1 aliphatic rings. The summed E-state index contributed by atoms with van der Waals surface area (Å²) in [4.78, 5) is 2.40. The number of nitrogens with two attached hydrogens (primary N) is 1. The van der Waals surface area contributed by atoms with Crippen LogP contribution in [-0.2, 0) is 13.0 Å². The van der Waals surface area contributed by atoms with E-state index in [4.69, 9.17) is 10.5 Å². The van der Waals surface area contributed by atoms with Crippen molar-refractivity contribution in [3.8, 4) is 5.75 Å². The standard InChI is InChI=1S/C17H19BrN2O/c18-14-4-6-15(7-5-14)21-11-10-20-9-8-13-2-1-3-17(19)16(13)12-20/h1-7H,8-12,19H2. The summed E-state index contributed by atoms with van der Waals surface area (Å²) in [7, 11) is 0. The Morgan fingerprint density at radius 2 is 1.95 bits per heavy atom. The van der Waals surface area contributed by atoms with E-state index in [-0.39, 0.29) is 0 Å². The number of fused-ring (bicyclic) bond motifs is 1. The maximum atomic E-state index is 6.08. The van der Waals surface area contributed by atoms with Crippen molar-refractivity contribution in [1.29, 1.82) is 0 Å². The predicted molar refractivity (Wildman–Crippen MR) is 89.5 cm³/mol. The monoisotopic (exact) mass is 346 g/mol. The summed E-state index contributed by atoms with van der Waals surface area (Å²) in [6, 6.07) is 14.2. The van der Waals surface area contributed by atoms with Crippen molar-refractivity contribution in [2.24, 2.45) is 0 Å². The fourth-order valence-corrected chi connectivity index (χ4v) is 2.94. The van der Waals surface area contributed by atoms with Crippen LogP contribution in [0.1, 0.15) is 11.1 Å². The zero-order chi connectivity index (χ0) is 14.7. The Balaban J connectivity index is 1.53. The lowest BCUT2D eigenvalue weighted by molar-refractivity contribution is 0.196. The first-order chi connectivity index (χ1) is 10.2. The molecule has 0 saturated carbocycles. The van der Waals surface area contributed by atoms with Crippen molar-refractivity contribution in [2.45, 2.75) is 13.0 Å². The summed E-state index contributed by atoms with van der Waals surface area (Å²) in [6.07, 6.45) is 1.07. The molecular weight excluding hydrogens is 328 g/mol. The van der Waals surface area contributed by atoms with Gasteiger partial charge in [0.1, 0.15) is 12.4 Å². The molecule has 0 radical (unpaired) electrons. The van der Waals surface area contributed by atoms with E-state index in [9.17, 15) is 0 Å². The van der Waals surface area contributed by atoms with Crippen LogP contribution in [0.5, 0.6) is 5.75 Å². The van der Waals surface area contributed by atoms with Crippen molar-refractivity contribution in [3.63, 3.8) is 0 Å². The summed E-state index contributed by atoms with van der Waals surface area (Å²) in [5.74, 6) is 0.912. The van der Waals surface area contributed by atoms with E-state index in [1.165, 1.54) is 11.1 Å². The van der Waals surface area contributed by atoms with E-state index in [0.29, 0.717) is 6.61 Å². The maximum Gasteiger partial charge on any atom is 0.119 e. The molecule has 3 nitrogen and oxygen atoms in total. The van der Waals surface area contributed by atoms with E-state index in [1.807, 2.05) is 36.4 Å². The molecule has 0 aliphatic carbocycles. The normalized spacial score (nSPS) is 14.7. The van der Waals surface area contributed by atoms with Crippen LogP contribution in [0, 0.1) is 0 Å². The third-order valence-corrected chi connectivity index (χ3v) is 4.41. The lowest BCUT2D eigenvalue weighted by Crippen LogP contribution is -2.34. The molecule has 2 aromatic rings. The number of nitrogen functional groups attached to an aromatic ring is 1. The minimum absolute atomic E-state index is 0.698. The average Bonchev–Trinajstić information content (AvgIpc) is 2.50. The van der Waals surface area contributed by atoms with E-state index in [1.54, 1.807) is 0 Å². The van der Waals surface area contributed by atoms with Crippen LogP contribution < -0.4 is 10.5 Å². The van der Waals surface area contributed by atoms with Gasteiger partial charge in [0.05, 0.1) is 0 Å². The number of ether oxygens (including phenoxy) is 1. The third kappa shape index (κ3) is 3.57. The number of nitrogens with zero attached hydrogens (tertiary/aromatic N) is 1. The topological polar surface area (TPSA) is 38.5 Å². The third-order valence-electron chi connectivity index (χ3n) is 3.88. The van der Waals surface area contributed by atoms with Gasteiger partial charge in [0.15, 0.2) is 0 Å². The lowest BCUT2D eigenvalue weighted by Gasteiger charge is -2.29. The molecule has 2 N–H and O–H groups in total. The molecule has 3 rings (SSSR count). The van der Waals surface area contributed by atoms with Crippen LogP contribution in [0.3, 0.4) is 0 Å². The molecular formula is C17H19BrN2O. The molecule has 1 aliphatic heterocycles. The van der Waals surface area contributed by atoms with Crippen LogP contribution in [0.4, 0.5) is 5.69 Å². The van der Waals surface area contributed by atoms with E-state index >= 15 is 0 Å². The van der Waals surface area contributed by atoms with E-state index < -0.39 is 0 Å². The van der Waals surface area contributed by atoms with Gasteiger partial charge < -0.3 is 10.5 Å². The van der Waals surface area contributed by atoms with Gasteiger partial charge >= 0.3 is 0 Å². The molecule has 0 amide bonds. The highest BCUT2D eigenvalue weighted by Crippen LogP contribution is 2.24. The maximum absolute atomic E-state index is 6.08. The highest BCUT2D eigenvalue weighted by molar-refractivity contribution is 9.10. The highest BCUT2D eigenvalue weighted by Gasteiger charge is 2.17. The summed E-state index contributed by atoms with van der Waals surface area (Å²) in [5, 5.41) is 0. The Labute approximate surface area is 133 Å². The molecule has 0 saturated heterocycles.